The van der Waals surface area contributed by atoms with Crippen molar-refractivity contribution in [3.63, 3.8) is 0 Å². The Morgan fingerprint density at radius 2 is 2.08 bits per heavy atom. The summed E-state index contributed by atoms with van der Waals surface area (Å²) in [6.07, 6.45) is 12.4. The van der Waals surface area contributed by atoms with Gasteiger partial charge in [0.1, 0.15) is 0 Å². The van der Waals surface area contributed by atoms with Crippen LogP contribution in [0.4, 0.5) is 0 Å². The maximum absolute atomic E-state index is 9.27. The highest BCUT2D eigenvalue weighted by Gasteiger charge is 1.98. The molecule has 0 aliphatic carbocycles. The second-order valence-electron chi connectivity index (χ2n) is 3.36. The third-order valence-electron chi connectivity index (χ3n) is 2.15. The maximum atomic E-state index is 9.27. The first-order valence-electron chi connectivity index (χ1n) is 5.26. The summed E-state index contributed by atoms with van der Waals surface area (Å²) in [5.74, 6) is 0. The van der Waals surface area contributed by atoms with Crippen molar-refractivity contribution in [2.24, 2.45) is 0 Å². The average molecular weight is 182 g/mol. The molecule has 1 heteroatoms. The lowest BCUT2D eigenvalue weighted by atomic mass is 10.1. The third kappa shape index (κ3) is 9.35. The molecule has 0 heterocycles. The Morgan fingerprint density at radius 1 is 1.31 bits per heavy atom. The van der Waals surface area contributed by atoms with Crippen LogP contribution in [0.3, 0.4) is 0 Å². The summed E-state index contributed by atoms with van der Waals surface area (Å²) in [6.45, 7) is 5.63. The summed E-state index contributed by atoms with van der Waals surface area (Å²) in [4.78, 5) is 0. The first kappa shape index (κ1) is 12.4. The van der Waals surface area contributed by atoms with E-state index in [1.165, 1.54) is 12.8 Å². The number of aliphatic hydroxyl groups excluding tert-OH is 1. The van der Waals surface area contributed by atoms with E-state index in [0.717, 1.165) is 25.7 Å². The largest absolute Gasteiger partial charge is 0.393 e. The lowest BCUT2D eigenvalue weighted by molar-refractivity contribution is 0.156. The highest BCUT2D eigenvalue weighted by atomic mass is 16.3. The van der Waals surface area contributed by atoms with Crippen LogP contribution >= 0.6 is 0 Å². The van der Waals surface area contributed by atoms with Crippen LogP contribution in [0.1, 0.15) is 45.4 Å². The quantitative estimate of drug-likeness (QED) is 0.450. The molecule has 0 radical (unpaired) electrons. The lowest BCUT2D eigenvalue weighted by Crippen LogP contribution is -2.03. The summed E-state index contributed by atoms with van der Waals surface area (Å²) in [7, 11) is 0. The van der Waals surface area contributed by atoms with Gasteiger partial charge in [-0.15, -0.1) is 0 Å². The van der Waals surface area contributed by atoms with Crippen LogP contribution in [0.5, 0.6) is 0 Å². The van der Waals surface area contributed by atoms with E-state index in [0.29, 0.717) is 0 Å². The number of unbranched alkanes of at least 4 members (excludes halogenated alkanes) is 3. The average Bonchev–Trinajstić information content (AvgIpc) is 2.16. The number of rotatable bonds is 8. The molecular weight excluding hydrogens is 160 g/mol. The van der Waals surface area contributed by atoms with Crippen molar-refractivity contribution in [1.82, 2.24) is 0 Å². The molecule has 0 aromatic carbocycles. The molecule has 0 aromatic heterocycles. The van der Waals surface area contributed by atoms with Crippen LogP contribution in [0, 0.1) is 0 Å². The Hall–Kier alpha value is -0.560. The number of hydrogen-bond donors (Lipinski definition) is 1. The molecule has 0 aliphatic heterocycles. The Morgan fingerprint density at radius 3 is 2.69 bits per heavy atom. The Labute approximate surface area is 82.2 Å². The SMILES string of the molecule is C=C/C=C/CCCCCC(O)CC. The van der Waals surface area contributed by atoms with Gasteiger partial charge in [-0.05, 0) is 25.7 Å². The van der Waals surface area contributed by atoms with Gasteiger partial charge in [0.15, 0.2) is 0 Å². The molecule has 13 heavy (non-hydrogen) atoms. The molecule has 0 bridgehead atoms. The predicted octanol–water partition coefficient (Wildman–Crippen LogP) is 3.45. The maximum Gasteiger partial charge on any atom is 0.0537 e. The predicted molar refractivity (Wildman–Crippen MR) is 58.7 cm³/mol. The van der Waals surface area contributed by atoms with Gasteiger partial charge < -0.3 is 5.11 Å². The van der Waals surface area contributed by atoms with E-state index >= 15 is 0 Å². The van der Waals surface area contributed by atoms with Crippen LogP contribution < -0.4 is 0 Å². The van der Waals surface area contributed by atoms with Gasteiger partial charge in [-0.25, -0.2) is 0 Å². The smallest absolute Gasteiger partial charge is 0.0537 e. The highest BCUT2D eigenvalue weighted by molar-refractivity contribution is 4.96. The molecule has 1 nitrogen and oxygen atoms in total. The molecule has 1 N–H and O–H groups in total. The van der Waals surface area contributed by atoms with Crippen LogP contribution in [-0.4, -0.2) is 11.2 Å². The summed E-state index contributed by atoms with van der Waals surface area (Å²) >= 11 is 0. The summed E-state index contributed by atoms with van der Waals surface area (Å²) in [6, 6.07) is 0. The molecule has 0 rings (SSSR count). The Kier molecular flexibility index (Phi) is 9.12. The van der Waals surface area contributed by atoms with Gasteiger partial charge in [0.2, 0.25) is 0 Å². The standard InChI is InChI=1S/C12H22O/c1-3-5-6-7-8-9-10-11-12(13)4-2/h3,5-6,12-13H,1,4,7-11H2,2H3/b6-5+. The summed E-state index contributed by atoms with van der Waals surface area (Å²) in [5, 5.41) is 9.27. The number of aliphatic hydroxyl groups is 1. The van der Waals surface area contributed by atoms with Crippen molar-refractivity contribution in [3.05, 3.63) is 24.8 Å². The van der Waals surface area contributed by atoms with Crippen LogP contribution in [-0.2, 0) is 0 Å². The topological polar surface area (TPSA) is 20.2 Å². The van der Waals surface area contributed by atoms with Crippen molar-refractivity contribution >= 4 is 0 Å². The van der Waals surface area contributed by atoms with Crippen molar-refractivity contribution in [2.45, 2.75) is 51.6 Å². The van der Waals surface area contributed by atoms with Crippen molar-refractivity contribution in [1.29, 1.82) is 0 Å². The van der Waals surface area contributed by atoms with Gasteiger partial charge >= 0.3 is 0 Å². The molecule has 0 aromatic rings. The zero-order chi connectivity index (χ0) is 9.94. The minimum atomic E-state index is -0.0799. The van der Waals surface area contributed by atoms with E-state index in [4.69, 9.17) is 0 Å². The third-order valence-corrected chi connectivity index (χ3v) is 2.15. The van der Waals surface area contributed by atoms with Crippen LogP contribution in [0.2, 0.25) is 0 Å². The normalized spacial score (nSPS) is 13.4. The molecule has 0 fully saturated rings. The molecule has 1 atom stereocenters. The Bertz CT molecular complexity index is 138. The van der Waals surface area contributed by atoms with Gasteiger partial charge in [0, 0.05) is 0 Å². The van der Waals surface area contributed by atoms with E-state index < -0.39 is 0 Å². The first-order chi connectivity index (χ1) is 6.31. The van der Waals surface area contributed by atoms with E-state index in [1.807, 2.05) is 13.0 Å². The molecule has 1 unspecified atom stereocenters. The minimum absolute atomic E-state index is 0.0799. The van der Waals surface area contributed by atoms with Gasteiger partial charge in [0.05, 0.1) is 6.10 Å². The zero-order valence-corrected chi connectivity index (χ0v) is 8.71. The molecule has 0 saturated heterocycles. The van der Waals surface area contributed by atoms with Crippen molar-refractivity contribution in [3.8, 4) is 0 Å². The molecule has 76 valence electrons. The van der Waals surface area contributed by atoms with Gasteiger partial charge in [-0.2, -0.15) is 0 Å². The Balaban J connectivity index is 3.07. The number of allylic oxidation sites excluding steroid dienone is 3. The van der Waals surface area contributed by atoms with E-state index in [9.17, 15) is 5.11 Å². The lowest BCUT2D eigenvalue weighted by Gasteiger charge is -2.05. The fourth-order valence-electron chi connectivity index (χ4n) is 1.22. The molecule has 0 saturated carbocycles. The molecular formula is C12H22O. The number of hydrogen-bond acceptors (Lipinski definition) is 1. The second kappa shape index (κ2) is 9.53. The first-order valence-corrected chi connectivity index (χ1v) is 5.26. The van der Waals surface area contributed by atoms with Crippen LogP contribution in [0.15, 0.2) is 24.8 Å². The van der Waals surface area contributed by atoms with Gasteiger partial charge in [0.25, 0.3) is 0 Å². The van der Waals surface area contributed by atoms with Crippen LogP contribution in [0.25, 0.3) is 0 Å². The molecule has 0 aliphatic rings. The minimum Gasteiger partial charge on any atom is -0.393 e. The van der Waals surface area contributed by atoms with E-state index in [-0.39, 0.29) is 6.10 Å². The monoisotopic (exact) mass is 182 g/mol. The summed E-state index contributed by atoms with van der Waals surface area (Å²) < 4.78 is 0. The fourth-order valence-corrected chi connectivity index (χ4v) is 1.22. The van der Waals surface area contributed by atoms with Gasteiger partial charge in [-0.1, -0.05) is 44.6 Å². The van der Waals surface area contributed by atoms with Crippen molar-refractivity contribution in [2.75, 3.05) is 0 Å². The van der Waals surface area contributed by atoms with Gasteiger partial charge in [-0.3, -0.25) is 0 Å². The van der Waals surface area contributed by atoms with Crippen molar-refractivity contribution < 1.29 is 5.11 Å². The zero-order valence-electron chi connectivity index (χ0n) is 8.71. The van der Waals surface area contributed by atoms with E-state index in [2.05, 4.69) is 12.7 Å². The van der Waals surface area contributed by atoms with E-state index in [1.54, 1.807) is 6.08 Å². The molecule has 0 amide bonds. The highest BCUT2D eigenvalue weighted by Crippen LogP contribution is 2.07. The fraction of sp³-hybridized carbons (Fsp3) is 0.667. The second-order valence-corrected chi connectivity index (χ2v) is 3.36. The molecule has 0 spiro atoms. The summed E-state index contributed by atoms with van der Waals surface area (Å²) in [5.41, 5.74) is 0.